The summed E-state index contributed by atoms with van der Waals surface area (Å²) >= 11 is 0. The largest absolute Gasteiger partial charge is 0.484 e. The summed E-state index contributed by atoms with van der Waals surface area (Å²) in [6, 6.07) is 15.0. The maximum Gasteiger partial charge on any atom is 0.258 e. The Morgan fingerprint density at radius 3 is 2.21 bits per heavy atom. The van der Waals surface area contributed by atoms with E-state index in [2.05, 4.69) is 5.32 Å². The van der Waals surface area contributed by atoms with Crippen LogP contribution in [0.25, 0.3) is 0 Å². The van der Waals surface area contributed by atoms with Crippen molar-refractivity contribution in [3.8, 4) is 5.75 Å². The lowest BCUT2D eigenvalue weighted by Crippen LogP contribution is -2.65. The highest BCUT2D eigenvalue weighted by atomic mass is 16.5. The molecule has 1 aliphatic rings. The minimum atomic E-state index is -0.856. The van der Waals surface area contributed by atoms with Crippen LogP contribution in [0.15, 0.2) is 48.5 Å². The molecule has 1 aliphatic heterocycles. The first-order valence-electron chi connectivity index (χ1n) is 11.1. The SMILES string of the molecule is CC(=O)N1c2ccccc2C(C)(c2ccc(OCC(=O)NC(C)C)cc2)C(C(N)=O)C1(C)C. The molecule has 2 atom stereocenters. The maximum atomic E-state index is 12.9. The van der Waals surface area contributed by atoms with E-state index in [1.165, 1.54) is 6.92 Å². The van der Waals surface area contributed by atoms with E-state index in [-0.39, 0.29) is 24.5 Å². The van der Waals surface area contributed by atoms with Gasteiger partial charge in [-0.25, -0.2) is 0 Å². The van der Waals surface area contributed by atoms with Crippen LogP contribution in [0.1, 0.15) is 52.7 Å². The third-order valence-corrected chi connectivity index (χ3v) is 6.44. The average molecular weight is 452 g/mol. The summed E-state index contributed by atoms with van der Waals surface area (Å²) in [5, 5.41) is 2.79. The molecule has 0 fully saturated rings. The number of primary amides is 1. The van der Waals surface area contributed by atoms with Crippen molar-refractivity contribution in [2.75, 3.05) is 11.5 Å². The van der Waals surface area contributed by atoms with Crippen LogP contribution >= 0.6 is 0 Å². The molecule has 0 aromatic heterocycles. The molecule has 3 N–H and O–H groups in total. The smallest absolute Gasteiger partial charge is 0.258 e. The van der Waals surface area contributed by atoms with Gasteiger partial charge in [0.2, 0.25) is 11.8 Å². The number of rotatable bonds is 6. The van der Waals surface area contributed by atoms with Gasteiger partial charge in [0.05, 0.1) is 11.5 Å². The number of anilines is 1. The van der Waals surface area contributed by atoms with E-state index < -0.39 is 22.8 Å². The molecular weight excluding hydrogens is 418 g/mol. The molecule has 176 valence electrons. The highest BCUT2D eigenvalue weighted by Crippen LogP contribution is 2.54. The average Bonchev–Trinajstić information content (AvgIpc) is 2.71. The Morgan fingerprint density at radius 2 is 1.67 bits per heavy atom. The summed E-state index contributed by atoms with van der Waals surface area (Å²) in [5.41, 5.74) is 6.83. The monoisotopic (exact) mass is 451 g/mol. The summed E-state index contributed by atoms with van der Waals surface area (Å²) in [7, 11) is 0. The number of carbonyl (C=O) groups excluding carboxylic acids is 3. The molecule has 2 aromatic carbocycles. The summed E-state index contributed by atoms with van der Waals surface area (Å²) in [6.45, 7) is 10.9. The number of ether oxygens (including phenoxy) is 1. The van der Waals surface area contributed by atoms with Gasteiger partial charge in [0.25, 0.3) is 5.91 Å². The Balaban J connectivity index is 2.06. The second-order valence-corrected chi connectivity index (χ2v) is 9.60. The molecule has 3 amide bonds. The molecule has 3 rings (SSSR count). The van der Waals surface area contributed by atoms with Gasteiger partial charge in [0.15, 0.2) is 6.61 Å². The Hall–Kier alpha value is -3.35. The molecule has 2 aromatic rings. The number of nitrogens with zero attached hydrogens (tertiary/aromatic N) is 1. The summed E-state index contributed by atoms with van der Waals surface area (Å²) in [6.07, 6.45) is 0. The molecule has 0 aliphatic carbocycles. The summed E-state index contributed by atoms with van der Waals surface area (Å²) in [5.74, 6) is -0.960. The lowest BCUT2D eigenvalue weighted by Gasteiger charge is -2.55. The number of carbonyl (C=O) groups is 3. The van der Waals surface area contributed by atoms with Crippen LogP contribution in [-0.4, -0.2) is 35.9 Å². The van der Waals surface area contributed by atoms with Gasteiger partial charge in [-0.15, -0.1) is 0 Å². The second-order valence-electron chi connectivity index (χ2n) is 9.60. The molecule has 0 saturated carbocycles. The van der Waals surface area contributed by atoms with Gasteiger partial charge in [0, 0.05) is 24.1 Å². The number of amides is 3. The minimum Gasteiger partial charge on any atom is -0.484 e. The molecule has 7 nitrogen and oxygen atoms in total. The molecule has 0 bridgehead atoms. The maximum absolute atomic E-state index is 12.9. The number of nitrogens with two attached hydrogens (primary N) is 1. The Labute approximate surface area is 195 Å². The Kier molecular flexibility index (Phi) is 6.54. The zero-order valence-electron chi connectivity index (χ0n) is 20.1. The van der Waals surface area contributed by atoms with Gasteiger partial charge in [0.1, 0.15) is 5.75 Å². The summed E-state index contributed by atoms with van der Waals surface area (Å²) in [4.78, 5) is 39.1. The Bertz CT molecular complexity index is 1060. The van der Waals surface area contributed by atoms with Crippen LogP contribution in [0.2, 0.25) is 0 Å². The predicted octanol–water partition coefficient (Wildman–Crippen LogP) is 3.14. The molecule has 7 heteroatoms. The second kappa shape index (κ2) is 8.89. The third kappa shape index (κ3) is 4.32. The van der Waals surface area contributed by atoms with Gasteiger partial charge < -0.3 is 20.7 Å². The van der Waals surface area contributed by atoms with Crippen LogP contribution in [0.5, 0.6) is 5.75 Å². The first-order valence-corrected chi connectivity index (χ1v) is 11.1. The van der Waals surface area contributed by atoms with Gasteiger partial charge in [-0.1, -0.05) is 37.3 Å². The first kappa shape index (κ1) is 24.3. The lowest BCUT2D eigenvalue weighted by molar-refractivity contribution is -0.127. The van der Waals surface area contributed by atoms with Crippen molar-refractivity contribution < 1.29 is 19.1 Å². The summed E-state index contributed by atoms with van der Waals surface area (Å²) < 4.78 is 5.62. The van der Waals surface area contributed by atoms with Crippen molar-refractivity contribution in [2.45, 2.75) is 58.5 Å². The van der Waals surface area contributed by atoms with Crippen LogP contribution < -0.4 is 20.7 Å². The topological polar surface area (TPSA) is 102 Å². The highest BCUT2D eigenvalue weighted by molar-refractivity contribution is 5.98. The van der Waals surface area contributed by atoms with Gasteiger partial charge in [-0.2, -0.15) is 0 Å². The fourth-order valence-electron chi connectivity index (χ4n) is 5.35. The molecule has 0 saturated heterocycles. The minimum absolute atomic E-state index is 0.0402. The van der Waals surface area contributed by atoms with E-state index in [4.69, 9.17) is 10.5 Å². The van der Waals surface area contributed by atoms with Crippen molar-refractivity contribution in [1.82, 2.24) is 5.32 Å². The number of para-hydroxylation sites is 1. The van der Waals surface area contributed by atoms with E-state index in [1.807, 2.05) is 71.0 Å². The zero-order chi connectivity index (χ0) is 24.6. The van der Waals surface area contributed by atoms with Crippen molar-refractivity contribution >= 4 is 23.4 Å². The number of fused-ring (bicyclic) bond motifs is 1. The quantitative estimate of drug-likeness (QED) is 0.704. The van der Waals surface area contributed by atoms with Gasteiger partial charge in [-0.3, -0.25) is 14.4 Å². The molecular formula is C26H33N3O4. The van der Waals surface area contributed by atoms with Crippen molar-refractivity contribution in [3.63, 3.8) is 0 Å². The standard InChI is InChI=1S/C26H33N3O4/c1-16(2)28-22(31)15-33-19-13-11-18(12-14-19)26(6)20-9-7-8-10-21(20)29(17(3)30)25(4,5)23(26)24(27)32/h7-14,16,23H,15H2,1-6H3,(H2,27,32)(H,28,31). The van der Waals surface area contributed by atoms with Crippen molar-refractivity contribution in [1.29, 1.82) is 0 Å². The van der Waals surface area contributed by atoms with E-state index in [9.17, 15) is 14.4 Å². The molecule has 1 heterocycles. The van der Waals surface area contributed by atoms with Crippen LogP contribution in [-0.2, 0) is 19.8 Å². The lowest BCUT2D eigenvalue weighted by atomic mass is 9.57. The fourth-order valence-corrected chi connectivity index (χ4v) is 5.35. The van der Waals surface area contributed by atoms with E-state index >= 15 is 0 Å². The molecule has 0 spiro atoms. The number of hydrogen-bond donors (Lipinski definition) is 2. The number of nitrogens with one attached hydrogen (secondary N) is 1. The molecule has 33 heavy (non-hydrogen) atoms. The zero-order valence-corrected chi connectivity index (χ0v) is 20.1. The first-order chi connectivity index (χ1) is 15.4. The van der Waals surface area contributed by atoms with Crippen LogP contribution in [0.4, 0.5) is 5.69 Å². The number of hydrogen-bond acceptors (Lipinski definition) is 4. The highest BCUT2D eigenvalue weighted by Gasteiger charge is 2.57. The normalized spacial score (nSPS) is 21.3. The van der Waals surface area contributed by atoms with E-state index in [1.54, 1.807) is 17.0 Å². The van der Waals surface area contributed by atoms with Gasteiger partial charge in [-0.05, 0) is 57.0 Å². The van der Waals surface area contributed by atoms with E-state index in [0.717, 1.165) is 16.8 Å². The fraction of sp³-hybridized carbons (Fsp3) is 0.423. The Morgan fingerprint density at radius 1 is 1.06 bits per heavy atom. The predicted molar refractivity (Wildman–Crippen MR) is 128 cm³/mol. The van der Waals surface area contributed by atoms with E-state index in [0.29, 0.717) is 5.75 Å². The van der Waals surface area contributed by atoms with Crippen molar-refractivity contribution in [2.24, 2.45) is 11.7 Å². The molecule has 2 unspecified atom stereocenters. The van der Waals surface area contributed by atoms with Crippen LogP contribution in [0, 0.1) is 5.92 Å². The number of benzene rings is 2. The van der Waals surface area contributed by atoms with Gasteiger partial charge >= 0.3 is 0 Å². The third-order valence-electron chi connectivity index (χ3n) is 6.44. The molecule has 0 radical (unpaired) electrons. The van der Waals surface area contributed by atoms with Crippen molar-refractivity contribution in [3.05, 3.63) is 59.7 Å². The van der Waals surface area contributed by atoms with Crippen LogP contribution in [0.3, 0.4) is 0 Å².